The summed E-state index contributed by atoms with van der Waals surface area (Å²) in [6, 6.07) is 0. The van der Waals surface area contributed by atoms with Gasteiger partial charge in [-0.15, -0.1) is 0 Å². The first kappa shape index (κ1) is 10.1. The SMILES string of the molecule is CC(ON)OC1C2CC3CC(C2)CC1C3. The molecule has 0 amide bonds. The Labute approximate surface area is 91.3 Å². The van der Waals surface area contributed by atoms with E-state index in [0.29, 0.717) is 6.10 Å². The lowest BCUT2D eigenvalue weighted by Crippen LogP contribution is -2.50. The monoisotopic (exact) mass is 211 g/mol. The molecule has 1 unspecified atom stereocenters. The zero-order chi connectivity index (χ0) is 10.4. The minimum Gasteiger partial charge on any atom is -0.347 e. The second-order valence-electron chi connectivity index (χ2n) is 5.74. The first-order valence-electron chi connectivity index (χ1n) is 6.27. The average molecular weight is 211 g/mol. The van der Waals surface area contributed by atoms with Crippen molar-refractivity contribution in [3.8, 4) is 0 Å². The Balaban J connectivity index is 1.69. The van der Waals surface area contributed by atoms with Crippen LogP contribution in [-0.2, 0) is 9.57 Å². The summed E-state index contributed by atoms with van der Waals surface area (Å²) in [4.78, 5) is 4.73. The van der Waals surface area contributed by atoms with Gasteiger partial charge in [-0.05, 0) is 62.7 Å². The van der Waals surface area contributed by atoms with E-state index >= 15 is 0 Å². The number of hydrogen-bond acceptors (Lipinski definition) is 3. The fourth-order valence-electron chi connectivity index (χ4n) is 4.35. The standard InChI is InChI=1S/C12H21NO2/c1-7(15-13)14-12-10-3-8-2-9(5-10)6-11(12)4-8/h7-12H,2-6,13H2,1H3. The van der Waals surface area contributed by atoms with Crippen LogP contribution in [0.3, 0.4) is 0 Å². The molecule has 4 saturated carbocycles. The lowest BCUT2D eigenvalue weighted by atomic mass is 9.55. The van der Waals surface area contributed by atoms with Gasteiger partial charge in [0.15, 0.2) is 6.29 Å². The van der Waals surface area contributed by atoms with Crippen molar-refractivity contribution in [2.45, 2.75) is 51.4 Å². The molecule has 0 radical (unpaired) electrons. The van der Waals surface area contributed by atoms with Gasteiger partial charge in [0.05, 0.1) is 6.10 Å². The van der Waals surface area contributed by atoms with Crippen LogP contribution in [0.25, 0.3) is 0 Å². The summed E-state index contributed by atoms with van der Waals surface area (Å²) in [7, 11) is 0. The van der Waals surface area contributed by atoms with Gasteiger partial charge in [0.1, 0.15) is 0 Å². The molecule has 3 heteroatoms. The highest BCUT2D eigenvalue weighted by Gasteiger charge is 2.49. The third-order valence-corrected chi connectivity index (χ3v) is 4.68. The fourth-order valence-corrected chi connectivity index (χ4v) is 4.35. The maximum absolute atomic E-state index is 5.93. The summed E-state index contributed by atoms with van der Waals surface area (Å²) < 4.78 is 5.93. The van der Waals surface area contributed by atoms with Crippen LogP contribution >= 0.6 is 0 Å². The molecule has 4 rings (SSSR count). The quantitative estimate of drug-likeness (QED) is 0.574. The van der Waals surface area contributed by atoms with Gasteiger partial charge in [-0.3, -0.25) is 4.84 Å². The molecule has 0 aromatic heterocycles. The molecule has 0 heterocycles. The highest BCUT2D eigenvalue weighted by Crippen LogP contribution is 2.54. The van der Waals surface area contributed by atoms with Crippen LogP contribution < -0.4 is 5.90 Å². The van der Waals surface area contributed by atoms with Gasteiger partial charge in [0, 0.05) is 0 Å². The van der Waals surface area contributed by atoms with Crippen molar-refractivity contribution in [1.29, 1.82) is 0 Å². The van der Waals surface area contributed by atoms with Crippen LogP contribution in [-0.4, -0.2) is 12.4 Å². The van der Waals surface area contributed by atoms with E-state index in [9.17, 15) is 0 Å². The van der Waals surface area contributed by atoms with Crippen LogP contribution in [0.2, 0.25) is 0 Å². The molecule has 86 valence electrons. The lowest BCUT2D eigenvalue weighted by molar-refractivity contribution is -0.220. The van der Waals surface area contributed by atoms with Gasteiger partial charge >= 0.3 is 0 Å². The molecule has 0 spiro atoms. The summed E-state index contributed by atoms with van der Waals surface area (Å²) in [5.74, 6) is 8.73. The predicted molar refractivity (Wildman–Crippen MR) is 56.7 cm³/mol. The topological polar surface area (TPSA) is 44.5 Å². The van der Waals surface area contributed by atoms with E-state index in [4.69, 9.17) is 15.5 Å². The van der Waals surface area contributed by atoms with Gasteiger partial charge in [0.25, 0.3) is 0 Å². The third kappa shape index (κ3) is 1.71. The molecular formula is C12H21NO2. The molecule has 0 saturated heterocycles. The molecule has 0 aliphatic heterocycles. The van der Waals surface area contributed by atoms with Crippen molar-refractivity contribution in [1.82, 2.24) is 0 Å². The Morgan fingerprint density at radius 1 is 1.00 bits per heavy atom. The molecule has 3 nitrogen and oxygen atoms in total. The normalized spacial score (nSPS) is 49.6. The molecule has 4 bridgehead atoms. The first-order chi connectivity index (χ1) is 7.26. The molecule has 4 aliphatic carbocycles. The second kappa shape index (κ2) is 3.72. The Morgan fingerprint density at radius 3 is 2.00 bits per heavy atom. The van der Waals surface area contributed by atoms with Crippen molar-refractivity contribution in [3.05, 3.63) is 0 Å². The summed E-state index contributed by atoms with van der Waals surface area (Å²) in [5, 5.41) is 0. The molecular weight excluding hydrogens is 190 g/mol. The van der Waals surface area contributed by atoms with Crippen LogP contribution in [0.15, 0.2) is 0 Å². The zero-order valence-electron chi connectivity index (χ0n) is 9.39. The molecule has 4 aliphatic rings. The Morgan fingerprint density at radius 2 is 1.53 bits per heavy atom. The van der Waals surface area contributed by atoms with Crippen molar-refractivity contribution < 1.29 is 9.57 Å². The smallest absolute Gasteiger partial charge is 0.174 e. The number of ether oxygens (including phenoxy) is 1. The van der Waals surface area contributed by atoms with Gasteiger partial charge in [-0.2, -0.15) is 0 Å². The molecule has 15 heavy (non-hydrogen) atoms. The third-order valence-electron chi connectivity index (χ3n) is 4.68. The summed E-state index contributed by atoms with van der Waals surface area (Å²) in [6.07, 6.45) is 7.21. The minimum absolute atomic E-state index is 0.243. The van der Waals surface area contributed by atoms with E-state index in [0.717, 1.165) is 23.7 Å². The molecule has 4 fully saturated rings. The van der Waals surface area contributed by atoms with Crippen LogP contribution in [0, 0.1) is 23.7 Å². The first-order valence-corrected chi connectivity index (χ1v) is 6.27. The Bertz CT molecular complexity index is 216. The van der Waals surface area contributed by atoms with Crippen LogP contribution in [0.1, 0.15) is 39.0 Å². The van der Waals surface area contributed by atoms with E-state index in [2.05, 4.69) is 0 Å². The summed E-state index contributed by atoms with van der Waals surface area (Å²) in [5.41, 5.74) is 0. The van der Waals surface area contributed by atoms with Gasteiger partial charge in [-0.1, -0.05) is 0 Å². The van der Waals surface area contributed by atoms with Crippen LogP contribution in [0.5, 0.6) is 0 Å². The number of nitrogens with two attached hydrogens (primary N) is 1. The van der Waals surface area contributed by atoms with Crippen LogP contribution in [0.4, 0.5) is 0 Å². The second-order valence-corrected chi connectivity index (χ2v) is 5.74. The predicted octanol–water partition coefficient (Wildman–Crippen LogP) is 2.06. The largest absolute Gasteiger partial charge is 0.347 e. The van der Waals surface area contributed by atoms with E-state index in [-0.39, 0.29) is 6.29 Å². The van der Waals surface area contributed by atoms with E-state index in [1.165, 1.54) is 32.1 Å². The Hall–Kier alpha value is -0.120. The van der Waals surface area contributed by atoms with Gasteiger partial charge < -0.3 is 4.74 Å². The van der Waals surface area contributed by atoms with E-state index in [1.807, 2.05) is 6.92 Å². The number of rotatable bonds is 3. The maximum atomic E-state index is 5.93. The van der Waals surface area contributed by atoms with E-state index in [1.54, 1.807) is 0 Å². The van der Waals surface area contributed by atoms with Crippen molar-refractivity contribution in [2.24, 2.45) is 29.6 Å². The van der Waals surface area contributed by atoms with Gasteiger partial charge in [0.2, 0.25) is 0 Å². The lowest BCUT2D eigenvalue weighted by Gasteiger charge is -2.54. The number of hydrogen-bond donors (Lipinski definition) is 1. The minimum atomic E-state index is -0.243. The zero-order valence-corrected chi connectivity index (χ0v) is 9.39. The molecule has 1 atom stereocenters. The summed E-state index contributed by atoms with van der Waals surface area (Å²) >= 11 is 0. The van der Waals surface area contributed by atoms with Gasteiger partial charge in [-0.25, -0.2) is 5.90 Å². The van der Waals surface area contributed by atoms with Crippen molar-refractivity contribution >= 4 is 0 Å². The van der Waals surface area contributed by atoms with Crippen molar-refractivity contribution in [3.63, 3.8) is 0 Å². The fraction of sp³-hybridized carbons (Fsp3) is 1.00. The molecule has 0 aromatic carbocycles. The highest BCUT2D eigenvalue weighted by molar-refractivity contribution is 4.99. The maximum Gasteiger partial charge on any atom is 0.174 e. The average Bonchev–Trinajstić information content (AvgIpc) is 2.22. The Kier molecular flexibility index (Phi) is 2.49. The molecule has 0 aromatic rings. The van der Waals surface area contributed by atoms with E-state index < -0.39 is 0 Å². The highest BCUT2D eigenvalue weighted by atomic mass is 16.8. The summed E-state index contributed by atoms with van der Waals surface area (Å²) in [6.45, 7) is 1.89. The van der Waals surface area contributed by atoms with Crippen molar-refractivity contribution in [2.75, 3.05) is 0 Å². The molecule has 2 N–H and O–H groups in total.